The van der Waals surface area contributed by atoms with Crippen LogP contribution in [0.15, 0.2) is 65.6 Å². The lowest BCUT2D eigenvalue weighted by Crippen LogP contribution is -2.37. The Morgan fingerprint density at radius 1 is 1.00 bits per heavy atom. The van der Waals surface area contributed by atoms with Gasteiger partial charge in [-0.25, -0.2) is 13.1 Å². The molecule has 2 aliphatic heterocycles. The van der Waals surface area contributed by atoms with E-state index in [2.05, 4.69) is 9.62 Å². The zero-order valence-corrected chi connectivity index (χ0v) is 18.5. The van der Waals surface area contributed by atoms with Crippen LogP contribution >= 0.6 is 0 Å². The summed E-state index contributed by atoms with van der Waals surface area (Å²) in [4.78, 5) is 2.51. The van der Waals surface area contributed by atoms with E-state index in [1.54, 1.807) is 12.1 Å². The average molecular weight is 455 g/mol. The third kappa shape index (κ3) is 4.53. The fraction of sp³-hybridized carbons (Fsp3) is 0.333. The summed E-state index contributed by atoms with van der Waals surface area (Å²) in [6.45, 7) is 3.73. The monoisotopic (exact) mass is 454 g/mol. The zero-order valence-electron chi connectivity index (χ0n) is 17.7. The first kappa shape index (κ1) is 21.1. The lowest BCUT2D eigenvalue weighted by molar-refractivity contribution is 0.158. The van der Waals surface area contributed by atoms with Crippen LogP contribution < -0.4 is 18.9 Å². The lowest BCUT2D eigenvalue weighted by Gasteiger charge is -2.22. The highest BCUT2D eigenvalue weighted by Gasteiger charge is 2.27. The Morgan fingerprint density at radius 2 is 1.84 bits per heavy atom. The van der Waals surface area contributed by atoms with Crippen molar-refractivity contribution in [3.8, 4) is 17.2 Å². The van der Waals surface area contributed by atoms with Crippen LogP contribution in [0.3, 0.4) is 0 Å². The zero-order chi connectivity index (χ0) is 22.0. The minimum Gasteiger partial charge on any atom is -0.488 e. The highest BCUT2D eigenvalue weighted by atomic mass is 32.2. The van der Waals surface area contributed by atoms with E-state index in [-0.39, 0.29) is 6.04 Å². The van der Waals surface area contributed by atoms with Crippen LogP contribution in [0.25, 0.3) is 10.8 Å². The van der Waals surface area contributed by atoms with Crippen LogP contribution in [-0.2, 0) is 10.0 Å². The van der Waals surface area contributed by atoms with Crippen LogP contribution in [-0.4, -0.2) is 58.8 Å². The number of para-hydroxylation sites is 1. The molecule has 1 fully saturated rings. The van der Waals surface area contributed by atoms with Crippen LogP contribution in [0.2, 0.25) is 0 Å². The van der Waals surface area contributed by atoms with Gasteiger partial charge in [-0.3, -0.25) is 4.90 Å². The number of hydrogen-bond acceptors (Lipinski definition) is 6. The van der Waals surface area contributed by atoms with Gasteiger partial charge in [0.15, 0.2) is 11.5 Å². The Labute approximate surface area is 187 Å². The molecule has 32 heavy (non-hydrogen) atoms. The molecule has 5 rings (SSSR count). The Kier molecular flexibility index (Phi) is 5.91. The molecule has 0 radical (unpaired) electrons. The average Bonchev–Trinajstić information content (AvgIpc) is 3.25. The van der Waals surface area contributed by atoms with Gasteiger partial charge in [-0.2, -0.15) is 0 Å². The number of fused-ring (bicyclic) bond motifs is 2. The van der Waals surface area contributed by atoms with Crippen LogP contribution in [0.5, 0.6) is 17.2 Å². The van der Waals surface area contributed by atoms with Crippen molar-refractivity contribution in [1.29, 1.82) is 0 Å². The van der Waals surface area contributed by atoms with Crippen molar-refractivity contribution in [2.45, 2.75) is 17.4 Å². The van der Waals surface area contributed by atoms with Gasteiger partial charge >= 0.3 is 0 Å². The maximum Gasteiger partial charge on any atom is 0.240 e. The molecular weight excluding hydrogens is 428 g/mol. The summed E-state index contributed by atoms with van der Waals surface area (Å²) < 4.78 is 45.8. The minimum atomic E-state index is -3.57. The molecule has 1 N–H and O–H groups in total. The number of likely N-dealkylation sites (tertiary alicyclic amines) is 1. The van der Waals surface area contributed by atoms with Gasteiger partial charge in [0.2, 0.25) is 15.8 Å². The molecule has 3 aromatic rings. The number of nitrogens with one attached hydrogen (secondary N) is 1. The standard InChI is InChI=1S/C24H26N2O5S/c27-32(28,21-9-8-18-4-1-2-5-19(18)16-21)25-20-10-11-26(17-20)12-13-29-22-6-3-7-23-24(22)31-15-14-30-23/h1-9,16,20,25H,10-15,17H2. The maximum atomic E-state index is 12.9. The Balaban J connectivity index is 1.15. The van der Waals surface area contributed by atoms with Gasteiger partial charge in [0, 0.05) is 19.1 Å². The second kappa shape index (κ2) is 8.97. The van der Waals surface area contributed by atoms with Crippen molar-refractivity contribution in [2.24, 2.45) is 0 Å². The van der Waals surface area contributed by atoms with Gasteiger partial charge < -0.3 is 14.2 Å². The van der Waals surface area contributed by atoms with Crippen LogP contribution in [0.4, 0.5) is 0 Å². The summed E-state index contributed by atoms with van der Waals surface area (Å²) >= 11 is 0. The molecule has 7 nitrogen and oxygen atoms in total. The van der Waals surface area contributed by atoms with E-state index < -0.39 is 10.0 Å². The SMILES string of the molecule is O=S(=O)(NC1CCN(CCOc2cccc3c2OCCO3)C1)c1ccc2ccccc2c1. The van der Waals surface area contributed by atoms with Crippen molar-refractivity contribution in [2.75, 3.05) is 39.5 Å². The molecule has 0 aliphatic carbocycles. The van der Waals surface area contributed by atoms with E-state index in [1.165, 1.54) is 0 Å². The number of ether oxygens (including phenoxy) is 3. The third-order valence-electron chi connectivity index (χ3n) is 5.82. The predicted octanol–water partition coefficient (Wildman–Crippen LogP) is 3.04. The van der Waals surface area contributed by atoms with Gasteiger partial charge in [-0.05, 0) is 48.0 Å². The molecule has 3 aromatic carbocycles. The number of rotatable bonds is 7. The highest BCUT2D eigenvalue weighted by Crippen LogP contribution is 2.38. The van der Waals surface area contributed by atoms with E-state index >= 15 is 0 Å². The van der Waals surface area contributed by atoms with Gasteiger partial charge in [-0.15, -0.1) is 0 Å². The van der Waals surface area contributed by atoms with Crippen molar-refractivity contribution in [3.63, 3.8) is 0 Å². The molecule has 1 atom stereocenters. The van der Waals surface area contributed by atoms with Gasteiger partial charge in [0.1, 0.15) is 19.8 Å². The quantitative estimate of drug-likeness (QED) is 0.591. The van der Waals surface area contributed by atoms with E-state index in [4.69, 9.17) is 14.2 Å². The number of benzene rings is 3. The Hall–Kier alpha value is -2.81. The largest absolute Gasteiger partial charge is 0.488 e. The fourth-order valence-corrected chi connectivity index (χ4v) is 5.50. The van der Waals surface area contributed by atoms with Crippen molar-refractivity contribution in [1.82, 2.24) is 9.62 Å². The third-order valence-corrected chi connectivity index (χ3v) is 7.34. The van der Waals surface area contributed by atoms with E-state index in [0.717, 1.165) is 23.7 Å². The van der Waals surface area contributed by atoms with Crippen LogP contribution in [0.1, 0.15) is 6.42 Å². The molecule has 2 heterocycles. The topological polar surface area (TPSA) is 77.1 Å². The van der Waals surface area contributed by atoms with Gasteiger partial charge in [0.05, 0.1) is 4.90 Å². The molecule has 1 unspecified atom stereocenters. The molecule has 8 heteroatoms. The summed E-state index contributed by atoms with van der Waals surface area (Å²) in [5.41, 5.74) is 0. The second-order valence-corrected chi connectivity index (χ2v) is 9.76. The number of nitrogens with zero attached hydrogens (tertiary/aromatic N) is 1. The number of sulfonamides is 1. The number of hydrogen-bond donors (Lipinski definition) is 1. The summed E-state index contributed by atoms with van der Waals surface area (Å²) in [5, 5.41) is 1.94. The van der Waals surface area contributed by atoms with E-state index in [0.29, 0.717) is 55.1 Å². The Bertz CT molecular complexity index is 1210. The Morgan fingerprint density at radius 3 is 2.75 bits per heavy atom. The first-order chi connectivity index (χ1) is 15.6. The first-order valence-corrected chi connectivity index (χ1v) is 12.3. The lowest BCUT2D eigenvalue weighted by atomic mass is 10.1. The molecule has 0 spiro atoms. The molecule has 2 aliphatic rings. The van der Waals surface area contributed by atoms with E-state index in [9.17, 15) is 8.42 Å². The van der Waals surface area contributed by atoms with E-state index in [1.807, 2.05) is 48.5 Å². The molecule has 0 saturated carbocycles. The molecule has 168 valence electrons. The normalized spacial score (nSPS) is 18.7. The smallest absolute Gasteiger partial charge is 0.240 e. The molecule has 1 saturated heterocycles. The van der Waals surface area contributed by atoms with Gasteiger partial charge in [-0.1, -0.05) is 36.4 Å². The second-order valence-electron chi connectivity index (χ2n) is 8.05. The summed E-state index contributed by atoms with van der Waals surface area (Å²) in [6, 6.07) is 18.5. The van der Waals surface area contributed by atoms with Crippen molar-refractivity contribution >= 4 is 20.8 Å². The van der Waals surface area contributed by atoms with Crippen molar-refractivity contribution < 1.29 is 22.6 Å². The first-order valence-electron chi connectivity index (χ1n) is 10.8. The fourth-order valence-electron chi connectivity index (χ4n) is 4.20. The molecular formula is C24H26N2O5S. The summed E-state index contributed by atoms with van der Waals surface area (Å²) in [5.74, 6) is 2.04. The van der Waals surface area contributed by atoms with Crippen molar-refractivity contribution in [3.05, 3.63) is 60.7 Å². The molecule has 0 bridgehead atoms. The molecule has 0 amide bonds. The van der Waals surface area contributed by atoms with Crippen LogP contribution in [0, 0.1) is 0 Å². The van der Waals surface area contributed by atoms with Gasteiger partial charge in [0.25, 0.3) is 0 Å². The molecule has 0 aromatic heterocycles. The highest BCUT2D eigenvalue weighted by molar-refractivity contribution is 7.89. The summed E-state index contributed by atoms with van der Waals surface area (Å²) in [7, 11) is -3.57. The maximum absolute atomic E-state index is 12.9. The minimum absolute atomic E-state index is 0.118. The summed E-state index contributed by atoms with van der Waals surface area (Å²) in [6.07, 6.45) is 0.768. The predicted molar refractivity (Wildman–Crippen MR) is 122 cm³/mol.